The summed E-state index contributed by atoms with van der Waals surface area (Å²) in [6.45, 7) is 3.10. The molecule has 0 radical (unpaired) electrons. The van der Waals surface area contributed by atoms with Crippen LogP contribution in [0, 0.1) is 11.8 Å². The Labute approximate surface area is 144 Å². The molecule has 0 heterocycles. The molecule has 0 bridgehead atoms. The summed E-state index contributed by atoms with van der Waals surface area (Å²) >= 11 is 0. The van der Waals surface area contributed by atoms with Crippen LogP contribution in [0.15, 0.2) is 54.6 Å². The quantitative estimate of drug-likeness (QED) is 0.837. The van der Waals surface area contributed by atoms with Crippen molar-refractivity contribution in [2.45, 2.75) is 32.6 Å². The van der Waals surface area contributed by atoms with Gasteiger partial charge in [0.05, 0.1) is 0 Å². The summed E-state index contributed by atoms with van der Waals surface area (Å²) in [6, 6.07) is 16.9. The Balaban J connectivity index is 1.50. The number of benzene rings is 2. The zero-order chi connectivity index (χ0) is 16.8. The molecule has 0 atom stereocenters. The highest BCUT2D eigenvalue weighted by atomic mass is 16.5. The third kappa shape index (κ3) is 4.60. The van der Waals surface area contributed by atoms with Crippen molar-refractivity contribution in [1.82, 2.24) is 5.32 Å². The van der Waals surface area contributed by atoms with Gasteiger partial charge in [-0.15, -0.1) is 0 Å². The minimum absolute atomic E-state index is 0.000108. The molecule has 1 fully saturated rings. The van der Waals surface area contributed by atoms with Crippen LogP contribution >= 0.6 is 0 Å². The van der Waals surface area contributed by atoms with Crippen molar-refractivity contribution in [3.8, 4) is 11.5 Å². The van der Waals surface area contributed by atoms with Gasteiger partial charge in [0.1, 0.15) is 11.5 Å². The Morgan fingerprint density at radius 2 is 1.58 bits per heavy atom. The molecule has 126 valence electrons. The molecular formula is C21H25NO2. The zero-order valence-corrected chi connectivity index (χ0v) is 14.2. The molecule has 1 N–H and O–H groups in total. The largest absolute Gasteiger partial charge is 0.457 e. The van der Waals surface area contributed by atoms with Crippen LogP contribution in [0.2, 0.25) is 0 Å². The minimum Gasteiger partial charge on any atom is -0.457 e. The second kappa shape index (κ2) is 8.00. The fourth-order valence-electron chi connectivity index (χ4n) is 3.17. The number of amides is 1. The maximum absolute atomic E-state index is 12.3. The van der Waals surface area contributed by atoms with Gasteiger partial charge in [-0.05, 0) is 61.1 Å². The van der Waals surface area contributed by atoms with Crippen LogP contribution in [-0.2, 0) is 0 Å². The van der Waals surface area contributed by atoms with E-state index in [0.717, 1.165) is 24.0 Å². The molecule has 0 spiro atoms. The summed E-state index contributed by atoms with van der Waals surface area (Å²) in [7, 11) is 0. The molecule has 1 aliphatic rings. The van der Waals surface area contributed by atoms with E-state index in [1.165, 1.54) is 25.7 Å². The zero-order valence-electron chi connectivity index (χ0n) is 14.2. The smallest absolute Gasteiger partial charge is 0.251 e. The van der Waals surface area contributed by atoms with Crippen molar-refractivity contribution >= 4 is 5.91 Å². The van der Waals surface area contributed by atoms with Crippen LogP contribution in [0.4, 0.5) is 0 Å². The molecule has 3 heteroatoms. The summed E-state index contributed by atoms with van der Waals surface area (Å²) in [5, 5.41) is 3.07. The standard InChI is InChI=1S/C21H25NO2/c1-16-7-9-17(10-8-16)15-22-21(23)18-11-13-20(14-12-18)24-19-5-3-2-4-6-19/h2-6,11-14,16-17H,7-10,15H2,1H3,(H,22,23). The fourth-order valence-corrected chi connectivity index (χ4v) is 3.17. The maximum atomic E-state index is 12.3. The van der Waals surface area contributed by atoms with Crippen molar-refractivity contribution in [1.29, 1.82) is 0 Å². The molecule has 1 amide bonds. The average molecular weight is 323 g/mol. The summed E-state index contributed by atoms with van der Waals surface area (Å²) < 4.78 is 5.75. The van der Waals surface area contributed by atoms with Gasteiger partial charge in [-0.25, -0.2) is 0 Å². The van der Waals surface area contributed by atoms with E-state index in [-0.39, 0.29) is 5.91 Å². The van der Waals surface area contributed by atoms with Crippen molar-refractivity contribution in [2.24, 2.45) is 11.8 Å². The van der Waals surface area contributed by atoms with Gasteiger partial charge >= 0.3 is 0 Å². The van der Waals surface area contributed by atoms with Crippen LogP contribution in [0.3, 0.4) is 0 Å². The van der Waals surface area contributed by atoms with E-state index in [2.05, 4.69) is 12.2 Å². The van der Waals surface area contributed by atoms with Crippen molar-refractivity contribution in [3.05, 3.63) is 60.2 Å². The molecule has 1 saturated carbocycles. The Bertz CT molecular complexity index is 643. The number of nitrogens with one attached hydrogen (secondary N) is 1. The molecule has 0 unspecified atom stereocenters. The minimum atomic E-state index is -0.000108. The summed E-state index contributed by atoms with van der Waals surface area (Å²) in [4.78, 5) is 12.3. The monoisotopic (exact) mass is 323 g/mol. The first kappa shape index (κ1) is 16.6. The van der Waals surface area contributed by atoms with Gasteiger partial charge in [-0.1, -0.05) is 38.0 Å². The number of hydrogen-bond acceptors (Lipinski definition) is 2. The lowest BCUT2D eigenvalue weighted by Gasteiger charge is -2.26. The molecule has 3 nitrogen and oxygen atoms in total. The molecule has 3 rings (SSSR count). The lowest BCUT2D eigenvalue weighted by Crippen LogP contribution is -2.31. The topological polar surface area (TPSA) is 38.3 Å². The number of carbonyl (C=O) groups excluding carboxylic acids is 1. The molecule has 0 aliphatic heterocycles. The average Bonchev–Trinajstić information content (AvgIpc) is 2.62. The van der Waals surface area contributed by atoms with Crippen LogP contribution in [-0.4, -0.2) is 12.5 Å². The van der Waals surface area contributed by atoms with Crippen LogP contribution < -0.4 is 10.1 Å². The number of ether oxygens (including phenoxy) is 1. The number of rotatable bonds is 5. The SMILES string of the molecule is CC1CCC(CNC(=O)c2ccc(Oc3ccccc3)cc2)CC1. The number of carbonyl (C=O) groups is 1. The van der Waals surface area contributed by atoms with E-state index >= 15 is 0 Å². The fraction of sp³-hybridized carbons (Fsp3) is 0.381. The Morgan fingerprint density at radius 1 is 0.958 bits per heavy atom. The van der Waals surface area contributed by atoms with Gasteiger partial charge in [-0.2, -0.15) is 0 Å². The molecule has 1 aliphatic carbocycles. The van der Waals surface area contributed by atoms with Gasteiger partial charge in [0.2, 0.25) is 0 Å². The van der Waals surface area contributed by atoms with Gasteiger partial charge in [0.25, 0.3) is 5.91 Å². The lowest BCUT2D eigenvalue weighted by atomic mass is 9.83. The van der Waals surface area contributed by atoms with Gasteiger partial charge in [0, 0.05) is 12.1 Å². The number of hydrogen-bond donors (Lipinski definition) is 1. The molecule has 2 aromatic carbocycles. The van der Waals surface area contributed by atoms with Gasteiger partial charge in [0.15, 0.2) is 0 Å². The molecule has 2 aromatic rings. The molecular weight excluding hydrogens is 298 g/mol. The second-order valence-corrected chi connectivity index (χ2v) is 6.78. The number of para-hydroxylation sites is 1. The van der Waals surface area contributed by atoms with E-state index in [0.29, 0.717) is 11.5 Å². The van der Waals surface area contributed by atoms with Crippen molar-refractivity contribution in [3.63, 3.8) is 0 Å². The van der Waals surface area contributed by atoms with E-state index in [1.54, 1.807) is 0 Å². The Hall–Kier alpha value is -2.29. The third-order valence-corrected chi connectivity index (χ3v) is 4.78. The van der Waals surface area contributed by atoms with Crippen LogP contribution in [0.1, 0.15) is 43.0 Å². The van der Waals surface area contributed by atoms with Crippen LogP contribution in [0.25, 0.3) is 0 Å². The lowest BCUT2D eigenvalue weighted by molar-refractivity contribution is 0.0942. The summed E-state index contributed by atoms with van der Waals surface area (Å²) in [5.74, 6) is 3.00. The Kier molecular flexibility index (Phi) is 5.52. The van der Waals surface area contributed by atoms with Crippen molar-refractivity contribution in [2.75, 3.05) is 6.54 Å². The van der Waals surface area contributed by atoms with Crippen molar-refractivity contribution < 1.29 is 9.53 Å². The molecule has 0 saturated heterocycles. The normalized spacial score (nSPS) is 20.4. The van der Waals surface area contributed by atoms with E-state index in [4.69, 9.17) is 4.74 Å². The summed E-state index contributed by atoms with van der Waals surface area (Å²) in [5.41, 5.74) is 0.680. The predicted octanol–water partition coefficient (Wildman–Crippen LogP) is 5.04. The summed E-state index contributed by atoms with van der Waals surface area (Å²) in [6.07, 6.45) is 5.02. The van der Waals surface area contributed by atoms with Gasteiger partial charge in [-0.3, -0.25) is 4.79 Å². The molecule has 24 heavy (non-hydrogen) atoms. The Morgan fingerprint density at radius 3 is 2.25 bits per heavy atom. The first-order valence-electron chi connectivity index (χ1n) is 8.82. The highest BCUT2D eigenvalue weighted by molar-refractivity contribution is 5.94. The second-order valence-electron chi connectivity index (χ2n) is 6.78. The van der Waals surface area contributed by atoms with E-state index in [1.807, 2.05) is 54.6 Å². The molecule has 0 aromatic heterocycles. The van der Waals surface area contributed by atoms with E-state index in [9.17, 15) is 4.79 Å². The highest BCUT2D eigenvalue weighted by Crippen LogP contribution is 2.27. The first-order chi connectivity index (χ1) is 11.7. The van der Waals surface area contributed by atoms with E-state index < -0.39 is 0 Å². The van der Waals surface area contributed by atoms with Crippen LogP contribution in [0.5, 0.6) is 11.5 Å². The maximum Gasteiger partial charge on any atom is 0.251 e. The first-order valence-corrected chi connectivity index (χ1v) is 8.82. The third-order valence-electron chi connectivity index (χ3n) is 4.78. The van der Waals surface area contributed by atoms with Gasteiger partial charge < -0.3 is 10.1 Å². The highest BCUT2D eigenvalue weighted by Gasteiger charge is 2.18. The predicted molar refractivity (Wildman–Crippen MR) is 96.4 cm³/mol.